The third kappa shape index (κ3) is 3.76. The molecular weight excluding hydrogens is 336 g/mol. The molecule has 1 saturated heterocycles. The Morgan fingerprint density at radius 2 is 2.08 bits per heavy atom. The van der Waals surface area contributed by atoms with Crippen LogP contribution in [-0.4, -0.2) is 64.4 Å². The molecular formula is C17H22N6O3. The van der Waals surface area contributed by atoms with Crippen molar-refractivity contribution in [3.8, 4) is 5.75 Å². The van der Waals surface area contributed by atoms with Gasteiger partial charge in [-0.2, -0.15) is 5.10 Å². The number of hydrogen-bond donors (Lipinski definition) is 1. The van der Waals surface area contributed by atoms with Crippen molar-refractivity contribution in [1.29, 1.82) is 0 Å². The van der Waals surface area contributed by atoms with Crippen molar-refractivity contribution in [3.63, 3.8) is 0 Å². The normalized spacial score (nSPS) is 17.3. The average molecular weight is 358 g/mol. The first-order valence-electron chi connectivity index (χ1n) is 8.42. The summed E-state index contributed by atoms with van der Waals surface area (Å²) in [5.41, 5.74) is 0.800. The van der Waals surface area contributed by atoms with Crippen molar-refractivity contribution < 1.29 is 14.3 Å². The van der Waals surface area contributed by atoms with Gasteiger partial charge in [0.25, 0.3) is 0 Å². The van der Waals surface area contributed by atoms with E-state index in [1.54, 1.807) is 34.8 Å². The Labute approximate surface area is 151 Å². The summed E-state index contributed by atoms with van der Waals surface area (Å²) >= 11 is 0. The van der Waals surface area contributed by atoms with Crippen LogP contribution >= 0.6 is 0 Å². The van der Waals surface area contributed by atoms with Gasteiger partial charge < -0.3 is 19.9 Å². The molecule has 0 radical (unpaired) electrons. The average Bonchev–Trinajstić information content (AvgIpc) is 3.17. The lowest BCUT2D eigenvalue weighted by atomic mass is 10.1. The van der Waals surface area contributed by atoms with E-state index in [0.29, 0.717) is 26.2 Å². The molecule has 2 heterocycles. The number of nitrogens with zero attached hydrogens (tertiary/aromatic N) is 5. The van der Waals surface area contributed by atoms with Crippen LogP contribution in [-0.2, 0) is 11.3 Å². The van der Waals surface area contributed by atoms with Gasteiger partial charge in [-0.05, 0) is 31.2 Å². The Kier molecular flexibility index (Phi) is 5.35. The first-order valence-corrected chi connectivity index (χ1v) is 8.42. The van der Waals surface area contributed by atoms with Gasteiger partial charge in [0.05, 0.1) is 13.7 Å². The van der Waals surface area contributed by atoms with Crippen LogP contribution in [0.3, 0.4) is 0 Å². The largest absolute Gasteiger partial charge is 0.497 e. The Morgan fingerprint density at radius 1 is 1.31 bits per heavy atom. The number of piperazine rings is 1. The van der Waals surface area contributed by atoms with Crippen molar-refractivity contribution in [1.82, 2.24) is 25.0 Å². The van der Waals surface area contributed by atoms with Gasteiger partial charge >= 0.3 is 6.03 Å². The van der Waals surface area contributed by atoms with E-state index in [2.05, 4.69) is 15.4 Å². The fourth-order valence-electron chi connectivity index (χ4n) is 2.89. The van der Waals surface area contributed by atoms with E-state index < -0.39 is 6.04 Å². The Bertz CT molecular complexity index is 746. The first-order chi connectivity index (χ1) is 12.6. The molecule has 0 aliphatic carbocycles. The molecule has 1 aliphatic rings. The molecule has 9 heteroatoms. The molecule has 0 spiro atoms. The number of anilines is 1. The number of aromatic nitrogens is 3. The highest BCUT2D eigenvalue weighted by molar-refractivity contribution is 6.00. The summed E-state index contributed by atoms with van der Waals surface area (Å²) in [5, 5.41) is 6.80. The first kappa shape index (κ1) is 17.7. The lowest BCUT2D eigenvalue weighted by molar-refractivity contribution is -0.124. The van der Waals surface area contributed by atoms with Crippen LogP contribution in [0.15, 0.2) is 36.9 Å². The minimum absolute atomic E-state index is 0.104. The molecule has 9 nitrogen and oxygen atoms in total. The zero-order valence-electron chi connectivity index (χ0n) is 14.8. The molecule has 2 aromatic rings. The van der Waals surface area contributed by atoms with Crippen LogP contribution in [0, 0.1) is 0 Å². The van der Waals surface area contributed by atoms with E-state index in [4.69, 9.17) is 4.74 Å². The number of methoxy groups -OCH3 is 1. The Hall–Kier alpha value is -3.10. The summed E-state index contributed by atoms with van der Waals surface area (Å²) in [7, 11) is 1.60. The number of amides is 3. The van der Waals surface area contributed by atoms with Crippen LogP contribution in [0.4, 0.5) is 10.5 Å². The monoisotopic (exact) mass is 358 g/mol. The summed E-state index contributed by atoms with van der Waals surface area (Å²) < 4.78 is 6.78. The smallest absolute Gasteiger partial charge is 0.318 e. The SMILES string of the molecule is COc1ccc(N2CCN(C(=O)NCCn3cncn3)[C@H](C)C2=O)cc1. The third-order valence-electron chi connectivity index (χ3n) is 4.38. The second-order valence-corrected chi connectivity index (χ2v) is 5.95. The lowest BCUT2D eigenvalue weighted by Gasteiger charge is -2.39. The quantitative estimate of drug-likeness (QED) is 0.851. The Morgan fingerprint density at radius 3 is 2.73 bits per heavy atom. The molecule has 3 rings (SSSR count). The third-order valence-corrected chi connectivity index (χ3v) is 4.38. The van der Waals surface area contributed by atoms with Crippen molar-refractivity contribution >= 4 is 17.6 Å². The molecule has 1 atom stereocenters. The van der Waals surface area contributed by atoms with Gasteiger partial charge in [0.2, 0.25) is 5.91 Å². The lowest BCUT2D eigenvalue weighted by Crippen LogP contribution is -2.60. The Balaban J connectivity index is 1.56. The standard InChI is InChI=1S/C17H22N6O3/c1-13-16(24)23(14-3-5-15(26-2)6-4-14)10-9-22(13)17(25)19-7-8-21-12-18-11-20-21/h3-6,11-13H,7-10H2,1-2H3,(H,19,25)/t13-/m1/s1. The van der Waals surface area contributed by atoms with Crippen LogP contribution in [0.2, 0.25) is 0 Å². The van der Waals surface area contributed by atoms with Crippen molar-refractivity contribution in [3.05, 3.63) is 36.9 Å². The molecule has 26 heavy (non-hydrogen) atoms. The van der Waals surface area contributed by atoms with Crippen LogP contribution < -0.4 is 15.0 Å². The molecule has 138 valence electrons. The van der Waals surface area contributed by atoms with Gasteiger partial charge in [0.1, 0.15) is 24.4 Å². The molecule has 1 aliphatic heterocycles. The molecule has 1 aromatic carbocycles. The second kappa shape index (κ2) is 7.85. The zero-order valence-corrected chi connectivity index (χ0v) is 14.8. The number of carbonyl (C=O) groups excluding carboxylic acids is 2. The molecule has 1 fully saturated rings. The summed E-state index contributed by atoms with van der Waals surface area (Å²) in [6.45, 7) is 3.61. The molecule has 1 N–H and O–H groups in total. The van der Waals surface area contributed by atoms with Crippen molar-refractivity contribution in [2.24, 2.45) is 0 Å². The van der Waals surface area contributed by atoms with Crippen molar-refractivity contribution in [2.75, 3.05) is 31.6 Å². The van der Waals surface area contributed by atoms with Crippen molar-refractivity contribution in [2.45, 2.75) is 19.5 Å². The highest BCUT2D eigenvalue weighted by atomic mass is 16.5. The summed E-state index contributed by atoms with van der Waals surface area (Å²) in [6, 6.07) is 6.54. The predicted molar refractivity (Wildman–Crippen MR) is 94.9 cm³/mol. The summed E-state index contributed by atoms with van der Waals surface area (Å²) in [4.78, 5) is 32.2. The maximum atomic E-state index is 12.7. The van der Waals surface area contributed by atoms with Crippen LogP contribution in [0.1, 0.15) is 6.92 Å². The minimum atomic E-state index is -0.530. The van der Waals surface area contributed by atoms with E-state index in [1.165, 1.54) is 6.33 Å². The van der Waals surface area contributed by atoms with Gasteiger partial charge in [-0.25, -0.2) is 9.78 Å². The number of nitrogens with one attached hydrogen (secondary N) is 1. The summed E-state index contributed by atoms with van der Waals surface area (Å²) in [5.74, 6) is 0.632. The number of urea groups is 1. The number of rotatable bonds is 5. The number of hydrogen-bond acceptors (Lipinski definition) is 5. The van der Waals surface area contributed by atoms with E-state index in [9.17, 15) is 9.59 Å². The van der Waals surface area contributed by atoms with E-state index in [1.807, 2.05) is 24.3 Å². The highest BCUT2D eigenvalue weighted by Gasteiger charge is 2.34. The second-order valence-electron chi connectivity index (χ2n) is 5.95. The van der Waals surface area contributed by atoms with E-state index in [-0.39, 0.29) is 11.9 Å². The van der Waals surface area contributed by atoms with Gasteiger partial charge in [-0.3, -0.25) is 9.48 Å². The predicted octanol–water partition coefficient (Wildman–Crippen LogP) is 0.734. The summed E-state index contributed by atoms with van der Waals surface area (Å²) in [6.07, 6.45) is 3.03. The van der Waals surface area contributed by atoms with E-state index >= 15 is 0 Å². The fourth-order valence-corrected chi connectivity index (χ4v) is 2.89. The topological polar surface area (TPSA) is 92.6 Å². The molecule has 3 amide bonds. The van der Waals surface area contributed by atoms with Gasteiger partial charge in [0.15, 0.2) is 0 Å². The number of carbonyl (C=O) groups is 2. The molecule has 1 aromatic heterocycles. The van der Waals surface area contributed by atoms with E-state index in [0.717, 1.165) is 11.4 Å². The fraction of sp³-hybridized carbons (Fsp3) is 0.412. The molecule has 0 saturated carbocycles. The van der Waals surface area contributed by atoms with Gasteiger partial charge in [-0.15, -0.1) is 0 Å². The van der Waals surface area contributed by atoms with Crippen LogP contribution in [0.25, 0.3) is 0 Å². The minimum Gasteiger partial charge on any atom is -0.497 e. The molecule has 0 unspecified atom stereocenters. The van der Waals surface area contributed by atoms with Crippen LogP contribution in [0.5, 0.6) is 5.75 Å². The van der Waals surface area contributed by atoms with Gasteiger partial charge in [0, 0.05) is 25.3 Å². The van der Waals surface area contributed by atoms with Gasteiger partial charge in [-0.1, -0.05) is 0 Å². The number of benzene rings is 1. The highest BCUT2D eigenvalue weighted by Crippen LogP contribution is 2.23. The zero-order chi connectivity index (χ0) is 18.5. The maximum absolute atomic E-state index is 12.7. The maximum Gasteiger partial charge on any atom is 0.318 e. The number of ether oxygens (including phenoxy) is 1. The molecule has 0 bridgehead atoms.